The molecule has 3 heteroatoms. The van der Waals surface area contributed by atoms with Crippen molar-refractivity contribution < 1.29 is 0 Å². The smallest absolute Gasteiger partial charge is 0.0449 e. The van der Waals surface area contributed by atoms with Gasteiger partial charge in [0.05, 0.1) is 0 Å². The van der Waals surface area contributed by atoms with Crippen molar-refractivity contribution in [1.82, 2.24) is 0 Å². The second kappa shape index (κ2) is 16.5. The SMILES string of the molecule is CCCCCCCCCCCCc1ccc(Nc2ccc3cc(-c4ccc(-c5ccc(-c6ccc7ccccc7c6)s5)s4)ccc3c2)cc1. The van der Waals surface area contributed by atoms with Crippen molar-refractivity contribution in [1.29, 1.82) is 0 Å². The zero-order valence-electron chi connectivity index (χ0n) is 28.7. The van der Waals surface area contributed by atoms with Crippen LogP contribution in [0.4, 0.5) is 11.4 Å². The van der Waals surface area contributed by atoms with Crippen LogP contribution >= 0.6 is 22.7 Å². The molecule has 0 bridgehead atoms. The molecule has 1 N–H and O–H groups in total. The van der Waals surface area contributed by atoms with E-state index in [-0.39, 0.29) is 0 Å². The van der Waals surface area contributed by atoms with Gasteiger partial charge in [-0.05, 0) is 112 Å². The summed E-state index contributed by atoms with van der Waals surface area (Å²) in [5.41, 5.74) is 6.27. The topological polar surface area (TPSA) is 12.0 Å². The number of anilines is 2. The lowest BCUT2D eigenvalue weighted by atomic mass is 10.0. The van der Waals surface area contributed by atoms with E-state index in [1.54, 1.807) is 0 Å². The predicted octanol–water partition coefficient (Wildman–Crippen LogP) is 15.3. The molecule has 0 radical (unpaired) electrons. The second-order valence-electron chi connectivity index (χ2n) is 13.4. The van der Waals surface area contributed by atoms with Crippen LogP contribution in [0.1, 0.15) is 76.7 Å². The number of thiophene rings is 2. The molecule has 0 amide bonds. The molecule has 0 saturated carbocycles. The Hall–Kier alpha value is -4.18. The minimum absolute atomic E-state index is 1.13. The lowest BCUT2D eigenvalue weighted by molar-refractivity contribution is 0.556. The third-order valence-corrected chi connectivity index (χ3v) is 12.1. The van der Waals surface area contributed by atoms with Crippen LogP contribution in [0.15, 0.2) is 127 Å². The fourth-order valence-electron chi connectivity index (χ4n) is 6.81. The highest BCUT2D eigenvalue weighted by atomic mass is 32.1. The second-order valence-corrected chi connectivity index (χ2v) is 15.6. The number of unbranched alkanes of at least 4 members (excludes halogenated alkanes) is 9. The first kappa shape index (κ1) is 33.3. The predicted molar refractivity (Wildman–Crippen MR) is 219 cm³/mol. The van der Waals surface area contributed by atoms with Gasteiger partial charge in [-0.2, -0.15) is 0 Å². The molecule has 0 saturated heterocycles. The van der Waals surface area contributed by atoms with E-state index in [4.69, 9.17) is 0 Å². The summed E-state index contributed by atoms with van der Waals surface area (Å²) in [6.07, 6.45) is 15.0. The summed E-state index contributed by atoms with van der Waals surface area (Å²) in [7, 11) is 0. The van der Waals surface area contributed by atoms with Crippen molar-refractivity contribution >= 4 is 55.6 Å². The highest BCUT2D eigenvalue weighted by Gasteiger charge is 2.10. The molecule has 0 fully saturated rings. The maximum absolute atomic E-state index is 3.63. The molecule has 0 spiro atoms. The third kappa shape index (κ3) is 8.71. The maximum atomic E-state index is 3.63. The number of nitrogens with one attached hydrogen (secondary N) is 1. The molecule has 248 valence electrons. The molecular formula is C46H47NS2. The molecule has 0 aliphatic carbocycles. The van der Waals surface area contributed by atoms with Gasteiger partial charge in [-0.25, -0.2) is 0 Å². The van der Waals surface area contributed by atoms with Crippen LogP contribution in [0.5, 0.6) is 0 Å². The Morgan fingerprint density at radius 3 is 1.55 bits per heavy atom. The first-order valence-electron chi connectivity index (χ1n) is 18.3. The Labute approximate surface area is 300 Å². The Morgan fingerprint density at radius 1 is 0.408 bits per heavy atom. The third-order valence-electron chi connectivity index (χ3n) is 9.68. The largest absolute Gasteiger partial charge is 0.356 e. The summed E-state index contributed by atoms with van der Waals surface area (Å²) >= 11 is 3.75. The monoisotopic (exact) mass is 677 g/mol. The van der Waals surface area contributed by atoms with Crippen molar-refractivity contribution in [2.24, 2.45) is 0 Å². The average molecular weight is 678 g/mol. The van der Waals surface area contributed by atoms with E-state index in [1.165, 1.54) is 128 Å². The Balaban J connectivity index is 0.922. The van der Waals surface area contributed by atoms with Crippen molar-refractivity contribution in [2.45, 2.75) is 77.6 Å². The standard InChI is InChI=1S/C46H47NS2/c1-2-3-4-5-6-7-8-9-10-11-14-34-17-24-41(25-18-34)47-42-26-23-37-32-40(22-20-38(37)33-42)44-28-30-46(49-44)45-29-27-43(48-45)39-21-19-35-15-12-13-16-36(35)31-39/h12-13,15-33,47H,2-11,14H2,1H3. The van der Waals surface area contributed by atoms with Crippen LogP contribution in [-0.4, -0.2) is 0 Å². The van der Waals surface area contributed by atoms with Crippen molar-refractivity contribution in [3.05, 3.63) is 133 Å². The molecule has 0 atom stereocenters. The van der Waals surface area contributed by atoms with E-state index < -0.39 is 0 Å². The molecule has 0 unspecified atom stereocenters. The van der Waals surface area contributed by atoms with Gasteiger partial charge in [-0.1, -0.05) is 131 Å². The molecule has 5 aromatic carbocycles. The van der Waals surface area contributed by atoms with Gasteiger partial charge >= 0.3 is 0 Å². The van der Waals surface area contributed by atoms with Crippen molar-refractivity contribution in [2.75, 3.05) is 5.32 Å². The lowest BCUT2D eigenvalue weighted by Crippen LogP contribution is -1.92. The number of fused-ring (bicyclic) bond motifs is 2. The molecule has 49 heavy (non-hydrogen) atoms. The molecule has 0 aliphatic rings. The zero-order chi connectivity index (χ0) is 33.3. The van der Waals surface area contributed by atoms with Crippen LogP contribution in [0.25, 0.3) is 52.2 Å². The van der Waals surface area contributed by atoms with Crippen molar-refractivity contribution in [3.8, 4) is 30.6 Å². The fourth-order valence-corrected chi connectivity index (χ4v) is 8.90. The van der Waals surface area contributed by atoms with E-state index in [9.17, 15) is 0 Å². The van der Waals surface area contributed by atoms with E-state index in [1.807, 2.05) is 22.7 Å². The van der Waals surface area contributed by atoms with Gasteiger partial charge in [0.2, 0.25) is 0 Å². The van der Waals surface area contributed by atoms with Crippen LogP contribution in [0.2, 0.25) is 0 Å². The summed E-state index contributed by atoms with van der Waals surface area (Å²) in [6, 6.07) is 47.0. The van der Waals surface area contributed by atoms with Crippen LogP contribution < -0.4 is 5.32 Å². The van der Waals surface area contributed by atoms with E-state index in [2.05, 4.69) is 140 Å². The van der Waals surface area contributed by atoms with Gasteiger partial charge in [0, 0.05) is 30.9 Å². The van der Waals surface area contributed by atoms with Gasteiger partial charge in [-0.3, -0.25) is 0 Å². The number of hydrogen-bond acceptors (Lipinski definition) is 3. The minimum atomic E-state index is 1.13. The van der Waals surface area contributed by atoms with Crippen LogP contribution in [0, 0.1) is 0 Å². The molecule has 0 aliphatic heterocycles. The summed E-state index contributed by atoms with van der Waals surface area (Å²) in [5.74, 6) is 0. The van der Waals surface area contributed by atoms with Gasteiger partial charge in [0.25, 0.3) is 0 Å². The average Bonchev–Trinajstić information content (AvgIpc) is 3.84. The molecule has 2 aromatic heterocycles. The van der Waals surface area contributed by atoms with Crippen molar-refractivity contribution in [3.63, 3.8) is 0 Å². The number of hydrogen-bond donors (Lipinski definition) is 1. The molecule has 1 nitrogen and oxygen atoms in total. The summed E-state index contributed by atoms with van der Waals surface area (Å²) in [5, 5.41) is 8.71. The quantitative estimate of drug-likeness (QED) is 0.100. The highest BCUT2D eigenvalue weighted by molar-refractivity contribution is 7.25. The summed E-state index contributed by atoms with van der Waals surface area (Å²) < 4.78 is 0. The maximum Gasteiger partial charge on any atom is 0.0449 e. The summed E-state index contributed by atoms with van der Waals surface area (Å²) in [4.78, 5) is 5.26. The first-order chi connectivity index (χ1) is 24.2. The van der Waals surface area contributed by atoms with Gasteiger partial charge in [0.15, 0.2) is 0 Å². The van der Waals surface area contributed by atoms with Gasteiger partial charge in [0.1, 0.15) is 0 Å². The van der Waals surface area contributed by atoms with Crippen LogP contribution in [-0.2, 0) is 6.42 Å². The highest BCUT2D eigenvalue weighted by Crippen LogP contribution is 2.41. The molecule has 7 rings (SSSR count). The number of rotatable bonds is 16. The lowest BCUT2D eigenvalue weighted by Gasteiger charge is -2.10. The normalized spacial score (nSPS) is 11.4. The van der Waals surface area contributed by atoms with Gasteiger partial charge in [-0.15, -0.1) is 22.7 Å². The Morgan fingerprint density at radius 2 is 0.898 bits per heavy atom. The van der Waals surface area contributed by atoms with Gasteiger partial charge < -0.3 is 5.32 Å². The number of benzene rings is 5. The number of aryl methyl sites for hydroxylation is 1. The Kier molecular flexibility index (Phi) is 11.2. The van der Waals surface area contributed by atoms with E-state index >= 15 is 0 Å². The fraction of sp³-hybridized carbons (Fsp3) is 0.261. The zero-order valence-corrected chi connectivity index (χ0v) is 30.4. The minimum Gasteiger partial charge on any atom is -0.356 e. The first-order valence-corrected chi connectivity index (χ1v) is 19.9. The Bertz CT molecular complexity index is 2100. The van der Waals surface area contributed by atoms with Crippen LogP contribution in [0.3, 0.4) is 0 Å². The summed E-state index contributed by atoms with van der Waals surface area (Å²) in [6.45, 7) is 2.29. The molecule has 2 heterocycles. The van der Waals surface area contributed by atoms with E-state index in [0.29, 0.717) is 0 Å². The molecule has 7 aromatic rings. The van der Waals surface area contributed by atoms with E-state index in [0.717, 1.165) is 11.4 Å². The molecular weight excluding hydrogens is 631 g/mol.